The van der Waals surface area contributed by atoms with Crippen LogP contribution >= 0.6 is 0 Å². The molecule has 4 rings (SSSR count). The first kappa shape index (κ1) is 17.4. The summed E-state index contributed by atoms with van der Waals surface area (Å²) in [7, 11) is 0. The maximum Gasteiger partial charge on any atom is 0.263 e. The highest BCUT2D eigenvalue weighted by Crippen LogP contribution is 2.38. The Labute approximate surface area is 155 Å². The highest BCUT2D eigenvalue weighted by atomic mass is 16.3. The lowest BCUT2D eigenvalue weighted by Gasteiger charge is -2.38. The summed E-state index contributed by atoms with van der Waals surface area (Å²) < 4.78 is 0. The van der Waals surface area contributed by atoms with Crippen LogP contribution in [-0.2, 0) is 0 Å². The van der Waals surface area contributed by atoms with Gasteiger partial charge in [-0.25, -0.2) is 4.98 Å². The number of carbonyl (C=O) groups is 1. The number of amides is 1. The van der Waals surface area contributed by atoms with Crippen LogP contribution in [0.2, 0.25) is 0 Å². The quantitative estimate of drug-likeness (QED) is 0.655. The summed E-state index contributed by atoms with van der Waals surface area (Å²) in [5.41, 5.74) is 1.23. The molecule has 3 N–H and O–H groups in total. The number of aliphatic hydroxyl groups is 1. The summed E-state index contributed by atoms with van der Waals surface area (Å²) in [6, 6.07) is 9.42. The van der Waals surface area contributed by atoms with Gasteiger partial charge in [0.1, 0.15) is 11.4 Å². The van der Waals surface area contributed by atoms with Crippen LogP contribution in [0.3, 0.4) is 0 Å². The van der Waals surface area contributed by atoms with Gasteiger partial charge in [0.05, 0.1) is 17.7 Å². The first-order valence-electron chi connectivity index (χ1n) is 8.91. The molecule has 1 fully saturated rings. The number of fused-ring (bicyclic) bond motifs is 1. The van der Waals surface area contributed by atoms with Crippen molar-refractivity contribution in [1.29, 1.82) is 0 Å². The number of nitrogens with zero attached hydrogens (tertiary/aromatic N) is 2. The van der Waals surface area contributed by atoms with Crippen LogP contribution in [0.25, 0.3) is 10.9 Å². The molecule has 7 nitrogen and oxygen atoms in total. The van der Waals surface area contributed by atoms with Crippen molar-refractivity contribution in [2.45, 2.75) is 31.9 Å². The van der Waals surface area contributed by atoms with Gasteiger partial charge in [0.25, 0.3) is 11.5 Å². The first-order chi connectivity index (χ1) is 13.0. The number of aliphatic hydroxyl groups excluding tert-OH is 1. The first-order valence-corrected chi connectivity index (χ1v) is 8.91. The van der Waals surface area contributed by atoms with Gasteiger partial charge in [0, 0.05) is 17.8 Å². The molecule has 3 aromatic rings. The average Bonchev–Trinajstić information content (AvgIpc) is 2.63. The predicted octanol–water partition coefficient (Wildman–Crippen LogP) is 1.87. The smallest absolute Gasteiger partial charge is 0.263 e. The molecule has 0 saturated heterocycles. The number of rotatable bonds is 4. The Morgan fingerprint density at radius 1 is 1.26 bits per heavy atom. The summed E-state index contributed by atoms with van der Waals surface area (Å²) in [5.74, 6) is 0.0571. The predicted molar refractivity (Wildman–Crippen MR) is 100 cm³/mol. The fraction of sp³-hybridized carbons (Fsp3) is 0.300. The van der Waals surface area contributed by atoms with Crippen molar-refractivity contribution >= 4 is 16.8 Å². The average molecular weight is 364 g/mol. The number of pyridine rings is 1. The minimum absolute atomic E-state index is 0.0285. The normalized spacial score (nSPS) is 20.1. The van der Waals surface area contributed by atoms with Crippen molar-refractivity contribution < 1.29 is 9.90 Å². The third-order valence-electron chi connectivity index (χ3n) is 5.05. The van der Waals surface area contributed by atoms with Gasteiger partial charge in [-0.2, -0.15) is 0 Å². The van der Waals surface area contributed by atoms with E-state index in [1.54, 1.807) is 13.1 Å². The lowest BCUT2D eigenvalue weighted by molar-refractivity contribution is 0.0235. The van der Waals surface area contributed by atoms with Gasteiger partial charge in [-0.3, -0.25) is 14.6 Å². The standard InChI is InChI=1S/C20H20N4O3/c1-11-21-10-16(19(26)23-11)20(27)24-18(13-7-15(25)8-13)14-6-12-4-2-3-5-17(12)22-9-14/h2-6,9-10,13,15,18,25H,7-8H2,1H3,(H,24,27)(H,21,23,26)/t13?,15?,18-/m0/s1. The molecular weight excluding hydrogens is 344 g/mol. The van der Waals surface area contributed by atoms with Crippen molar-refractivity contribution in [2.24, 2.45) is 5.92 Å². The molecule has 0 bridgehead atoms. The number of aromatic amines is 1. The Hall–Kier alpha value is -3.06. The van der Waals surface area contributed by atoms with Crippen LogP contribution < -0.4 is 10.9 Å². The highest BCUT2D eigenvalue weighted by molar-refractivity contribution is 5.93. The van der Waals surface area contributed by atoms with Crippen molar-refractivity contribution in [1.82, 2.24) is 20.3 Å². The molecule has 2 heterocycles. The van der Waals surface area contributed by atoms with E-state index in [0.29, 0.717) is 18.7 Å². The van der Waals surface area contributed by atoms with Crippen LogP contribution in [0, 0.1) is 12.8 Å². The fourth-order valence-electron chi connectivity index (χ4n) is 3.50. The SMILES string of the molecule is Cc1ncc(C(=O)N[C@H](c2cnc3ccccc3c2)C2CC(O)C2)c(=O)[nH]1. The lowest BCUT2D eigenvalue weighted by atomic mass is 9.75. The molecule has 0 unspecified atom stereocenters. The molecule has 0 spiro atoms. The largest absolute Gasteiger partial charge is 0.393 e. The number of H-pyrrole nitrogens is 1. The second-order valence-electron chi connectivity index (χ2n) is 7.01. The Bertz CT molecular complexity index is 1060. The molecule has 0 radical (unpaired) electrons. The molecule has 1 atom stereocenters. The fourth-order valence-corrected chi connectivity index (χ4v) is 3.50. The van der Waals surface area contributed by atoms with Gasteiger partial charge in [-0.05, 0) is 43.4 Å². The van der Waals surface area contributed by atoms with E-state index in [4.69, 9.17) is 0 Å². The molecule has 0 aliphatic heterocycles. The van der Waals surface area contributed by atoms with Gasteiger partial charge in [0.2, 0.25) is 0 Å². The Balaban J connectivity index is 1.66. The zero-order valence-electron chi connectivity index (χ0n) is 14.8. The number of benzene rings is 1. The number of carbonyl (C=O) groups excluding carboxylic acids is 1. The maximum atomic E-state index is 12.7. The number of nitrogens with one attached hydrogen (secondary N) is 2. The van der Waals surface area contributed by atoms with E-state index < -0.39 is 11.5 Å². The number of aromatic nitrogens is 3. The minimum atomic E-state index is -0.483. The van der Waals surface area contributed by atoms with Crippen molar-refractivity contribution in [3.8, 4) is 0 Å². The zero-order chi connectivity index (χ0) is 19.0. The van der Waals surface area contributed by atoms with Gasteiger partial charge in [0.15, 0.2) is 0 Å². The second-order valence-corrected chi connectivity index (χ2v) is 7.01. The molecule has 1 aliphatic carbocycles. The Kier molecular flexibility index (Phi) is 4.45. The van der Waals surface area contributed by atoms with E-state index in [1.165, 1.54) is 6.20 Å². The van der Waals surface area contributed by atoms with Crippen molar-refractivity contribution in [2.75, 3.05) is 0 Å². The second kappa shape index (κ2) is 6.92. The molecule has 2 aromatic heterocycles. The van der Waals surface area contributed by atoms with Gasteiger partial charge >= 0.3 is 0 Å². The number of aryl methyl sites for hydroxylation is 1. The summed E-state index contributed by atoms with van der Waals surface area (Å²) >= 11 is 0. The van der Waals surface area contributed by atoms with Crippen LogP contribution in [0.4, 0.5) is 0 Å². The topological polar surface area (TPSA) is 108 Å². The molecule has 138 valence electrons. The van der Waals surface area contributed by atoms with Gasteiger partial charge < -0.3 is 15.4 Å². The van der Waals surface area contributed by atoms with Crippen LogP contribution in [-0.4, -0.2) is 32.1 Å². The molecule has 1 aromatic carbocycles. The summed E-state index contributed by atoms with van der Waals surface area (Å²) in [5, 5.41) is 13.6. The van der Waals surface area contributed by atoms with Crippen LogP contribution in [0.5, 0.6) is 0 Å². The molecular formula is C20H20N4O3. The van der Waals surface area contributed by atoms with E-state index in [2.05, 4.69) is 20.3 Å². The molecule has 1 aliphatic rings. The molecule has 1 amide bonds. The van der Waals surface area contributed by atoms with E-state index >= 15 is 0 Å². The minimum Gasteiger partial charge on any atom is -0.393 e. The van der Waals surface area contributed by atoms with Crippen molar-refractivity contribution in [3.05, 3.63) is 70.0 Å². The van der Waals surface area contributed by atoms with Gasteiger partial charge in [-0.15, -0.1) is 0 Å². The van der Waals surface area contributed by atoms with Crippen molar-refractivity contribution in [3.63, 3.8) is 0 Å². The van der Waals surface area contributed by atoms with Crippen LogP contribution in [0.15, 0.2) is 47.5 Å². The molecule has 7 heteroatoms. The summed E-state index contributed by atoms with van der Waals surface area (Å²) in [4.78, 5) is 35.8. The Morgan fingerprint density at radius 2 is 2.04 bits per heavy atom. The lowest BCUT2D eigenvalue weighted by Crippen LogP contribution is -2.42. The number of para-hydroxylation sites is 1. The monoisotopic (exact) mass is 364 g/mol. The number of hydrogen-bond acceptors (Lipinski definition) is 5. The van der Waals surface area contributed by atoms with E-state index in [9.17, 15) is 14.7 Å². The van der Waals surface area contributed by atoms with E-state index in [-0.39, 0.29) is 23.6 Å². The molecule has 1 saturated carbocycles. The molecule has 27 heavy (non-hydrogen) atoms. The third-order valence-corrected chi connectivity index (χ3v) is 5.05. The summed E-state index contributed by atoms with van der Waals surface area (Å²) in [6.07, 6.45) is 3.87. The van der Waals surface area contributed by atoms with Crippen LogP contribution in [0.1, 0.15) is 40.6 Å². The third kappa shape index (κ3) is 3.46. The van der Waals surface area contributed by atoms with E-state index in [0.717, 1.165) is 16.5 Å². The Morgan fingerprint density at radius 3 is 2.78 bits per heavy atom. The van der Waals surface area contributed by atoms with E-state index in [1.807, 2.05) is 30.3 Å². The highest BCUT2D eigenvalue weighted by Gasteiger charge is 2.36. The van der Waals surface area contributed by atoms with Gasteiger partial charge in [-0.1, -0.05) is 18.2 Å². The maximum absolute atomic E-state index is 12.7. The number of hydrogen-bond donors (Lipinski definition) is 3. The zero-order valence-corrected chi connectivity index (χ0v) is 14.8. The summed E-state index contributed by atoms with van der Waals surface area (Å²) in [6.45, 7) is 1.66.